The summed E-state index contributed by atoms with van der Waals surface area (Å²) in [5.74, 6) is 0.131. The maximum atomic E-state index is 12.8. The van der Waals surface area contributed by atoms with Gasteiger partial charge in [-0.25, -0.2) is 13.1 Å². The normalized spacial score (nSPS) is 15.7. The molecule has 3 aromatic rings. The summed E-state index contributed by atoms with van der Waals surface area (Å²) in [4.78, 5) is 14.1. The first-order valence-electron chi connectivity index (χ1n) is 9.53. The third kappa shape index (κ3) is 3.39. The number of amides is 1. The van der Waals surface area contributed by atoms with Crippen LogP contribution < -0.4 is 9.62 Å². The zero-order valence-corrected chi connectivity index (χ0v) is 17.3. The number of hydrogen-bond acceptors (Lipinski definition) is 5. The molecule has 29 heavy (non-hydrogen) atoms. The molecule has 0 saturated heterocycles. The Labute approximate surface area is 173 Å². The maximum Gasteiger partial charge on any atom is 0.240 e. The van der Waals surface area contributed by atoms with Crippen LogP contribution in [0.25, 0.3) is 11.3 Å². The molecule has 5 rings (SSSR count). The van der Waals surface area contributed by atoms with Crippen molar-refractivity contribution in [1.82, 2.24) is 14.5 Å². The molecule has 0 spiro atoms. The molecule has 1 N–H and O–H groups in total. The number of rotatable bonds is 6. The molecule has 2 aliphatic rings. The minimum atomic E-state index is -3.62. The van der Waals surface area contributed by atoms with Crippen molar-refractivity contribution in [1.29, 1.82) is 0 Å². The predicted molar refractivity (Wildman–Crippen MR) is 112 cm³/mol. The summed E-state index contributed by atoms with van der Waals surface area (Å²) >= 11 is 1.62. The summed E-state index contributed by atoms with van der Waals surface area (Å²) in [6.45, 7) is 1.34. The molecule has 2 aliphatic heterocycles. The standard InChI is InChI=1S/C20H20N4O3S2/c25-19-2-1-14-11-17(12-15-3-8-24(19)20(14)15)29(26,27)21-6-9-23-7-4-18(22-23)16-5-10-28-13-16/h4-5,7,10-13,21H,1-3,6,8-9H2. The number of nitrogens with zero attached hydrogens (tertiary/aromatic N) is 3. The van der Waals surface area contributed by atoms with E-state index in [0.717, 1.165) is 28.1 Å². The quantitative estimate of drug-likeness (QED) is 0.654. The van der Waals surface area contributed by atoms with E-state index in [4.69, 9.17) is 0 Å². The summed E-state index contributed by atoms with van der Waals surface area (Å²) < 4.78 is 30.1. The van der Waals surface area contributed by atoms with E-state index >= 15 is 0 Å². The highest BCUT2D eigenvalue weighted by molar-refractivity contribution is 7.89. The van der Waals surface area contributed by atoms with Crippen molar-refractivity contribution in [2.75, 3.05) is 18.0 Å². The number of sulfonamides is 1. The Hall–Kier alpha value is -2.49. The number of carbonyl (C=O) groups excluding carboxylic acids is 1. The van der Waals surface area contributed by atoms with Gasteiger partial charge in [0, 0.05) is 36.7 Å². The van der Waals surface area contributed by atoms with Crippen molar-refractivity contribution < 1.29 is 13.2 Å². The summed E-state index contributed by atoms with van der Waals surface area (Å²) in [5, 5.41) is 8.53. The van der Waals surface area contributed by atoms with E-state index in [1.165, 1.54) is 0 Å². The Kier molecular flexibility index (Phi) is 4.53. The SMILES string of the molecule is O=C1CCc2cc(S(=O)(=O)NCCn3ccc(-c4ccsc4)n3)cc3c2N1CC3. The number of anilines is 1. The highest BCUT2D eigenvalue weighted by atomic mass is 32.2. The Balaban J connectivity index is 1.29. The van der Waals surface area contributed by atoms with Gasteiger partial charge in [0.15, 0.2) is 0 Å². The van der Waals surface area contributed by atoms with Gasteiger partial charge >= 0.3 is 0 Å². The van der Waals surface area contributed by atoms with Gasteiger partial charge in [-0.2, -0.15) is 16.4 Å². The average molecular weight is 429 g/mol. The second kappa shape index (κ2) is 7.08. The Morgan fingerprint density at radius 1 is 1.14 bits per heavy atom. The lowest BCUT2D eigenvalue weighted by molar-refractivity contribution is -0.118. The molecule has 1 amide bonds. The van der Waals surface area contributed by atoms with Crippen LogP contribution in [0.4, 0.5) is 5.69 Å². The molecule has 0 radical (unpaired) electrons. The molecule has 0 fully saturated rings. The van der Waals surface area contributed by atoms with Crippen molar-refractivity contribution in [2.45, 2.75) is 30.7 Å². The minimum absolute atomic E-state index is 0.131. The molecular formula is C20H20N4O3S2. The smallest absolute Gasteiger partial charge is 0.240 e. The predicted octanol–water partition coefficient (Wildman–Crippen LogP) is 2.43. The molecule has 0 atom stereocenters. The fourth-order valence-corrected chi connectivity index (χ4v) is 5.78. The monoisotopic (exact) mass is 428 g/mol. The lowest BCUT2D eigenvalue weighted by Gasteiger charge is -2.25. The van der Waals surface area contributed by atoms with Crippen LogP contribution in [-0.4, -0.2) is 37.2 Å². The van der Waals surface area contributed by atoms with E-state index < -0.39 is 10.0 Å². The Bertz CT molecular complexity index is 1180. The lowest BCUT2D eigenvalue weighted by Crippen LogP contribution is -2.33. The van der Waals surface area contributed by atoms with Crippen LogP contribution in [0.3, 0.4) is 0 Å². The number of hydrogen-bond donors (Lipinski definition) is 1. The number of aryl methyl sites for hydroxylation is 1. The zero-order chi connectivity index (χ0) is 20.0. The van der Waals surface area contributed by atoms with Gasteiger partial charge in [0.25, 0.3) is 0 Å². The molecule has 0 aliphatic carbocycles. The molecule has 0 saturated carbocycles. The number of carbonyl (C=O) groups is 1. The van der Waals surface area contributed by atoms with Gasteiger partial charge in [-0.3, -0.25) is 9.48 Å². The van der Waals surface area contributed by atoms with Crippen molar-refractivity contribution in [3.63, 3.8) is 0 Å². The van der Waals surface area contributed by atoms with E-state index in [1.807, 2.05) is 29.1 Å². The number of benzene rings is 1. The van der Waals surface area contributed by atoms with Gasteiger partial charge in [-0.05, 0) is 53.6 Å². The second-order valence-corrected chi connectivity index (χ2v) is 9.81. The first kappa shape index (κ1) is 18.5. The van der Waals surface area contributed by atoms with Crippen LogP contribution in [0.15, 0.2) is 46.1 Å². The minimum Gasteiger partial charge on any atom is -0.312 e. The molecule has 7 nitrogen and oxygen atoms in total. The summed E-state index contributed by atoms with van der Waals surface area (Å²) in [6.07, 6.45) is 3.59. The molecule has 0 bridgehead atoms. The molecular weight excluding hydrogens is 408 g/mol. The number of aromatic nitrogens is 2. The van der Waals surface area contributed by atoms with Crippen LogP contribution in [-0.2, 0) is 34.2 Å². The van der Waals surface area contributed by atoms with Crippen molar-refractivity contribution in [3.05, 3.63) is 52.3 Å². The van der Waals surface area contributed by atoms with Gasteiger partial charge in [-0.1, -0.05) is 0 Å². The van der Waals surface area contributed by atoms with Crippen molar-refractivity contribution >= 4 is 33.0 Å². The molecule has 2 aromatic heterocycles. The fraction of sp³-hybridized carbons (Fsp3) is 0.300. The van der Waals surface area contributed by atoms with E-state index in [1.54, 1.807) is 33.1 Å². The third-order valence-corrected chi connectivity index (χ3v) is 7.55. The first-order chi connectivity index (χ1) is 14.0. The number of nitrogens with one attached hydrogen (secondary N) is 1. The average Bonchev–Trinajstić information content (AvgIpc) is 3.44. The van der Waals surface area contributed by atoms with Gasteiger partial charge in [0.2, 0.25) is 15.9 Å². The molecule has 9 heteroatoms. The zero-order valence-electron chi connectivity index (χ0n) is 15.7. The number of thiophene rings is 1. The van der Waals surface area contributed by atoms with Crippen LogP contribution in [0.5, 0.6) is 0 Å². The van der Waals surface area contributed by atoms with Crippen molar-refractivity contribution in [2.24, 2.45) is 0 Å². The van der Waals surface area contributed by atoms with E-state index in [9.17, 15) is 13.2 Å². The van der Waals surface area contributed by atoms with Crippen LogP contribution in [0.1, 0.15) is 17.5 Å². The second-order valence-electron chi connectivity index (χ2n) is 7.26. The molecule has 4 heterocycles. The van der Waals surface area contributed by atoms with Crippen molar-refractivity contribution in [3.8, 4) is 11.3 Å². The topological polar surface area (TPSA) is 84.3 Å². The van der Waals surface area contributed by atoms with Gasteiger partial charge < -0.3 is 4.90 Å². The molecule has 1 aromatic carbocycles. The fourth-order valence-electron chi connectivity index (χ4n) is 4.01. The maximum absolute atomic E-state index is 12.8. The van der Waals surface area contributed by atoms with Gasteiger partial charge in [0.1, 0.15) is 0 Å². The highest BCUT2D eigenvalue weighted by Gasteiger charge is 2.32. The first-order valence-corrected chi connectivity index (χ1v) is 12.0. The van der Waals surface area contributed by atoms with Crippen LogP contribution in [0.2, 0.25) is 0 Å². The Morgan fingerprint density at radius 3 is 2.76 bits per heavy atom. The van der Waals surface area contributed by atoms with Crippen LogP contribution >= 0.6 is 11.3 Å². The Morgan fingerprint density at radius 2 is 1.97 bits per heavy atom. The van der Waals surface area contributed by atoms with E-state index in [2.05, 4.69) is 9.82 Å². The largest absolute Gasteiger partial charge is 0.312 e. The highest BCUT2D eigenvalue weighted by Crippen LogP contribution is 2.38. The van der Waals surface area contributed by atoms with Gasteiger partial charge in [-0.15, -0.1) is 0 Å². The summed E-state index contributed by atoms with van der Waals surface area (Å²) in [7, 11) is -3.62. The van der Waals surface area contributed by atoms with Crippen LogP contribution in [0, 0.1) is 0 Å². The summed E-state index contributed by atoms with van der Waals surface area (Å²) in [6, 6.07) is 7.36. The van der Waals surface area contributed by atoms with E-state index in [0.29, 0.717) is 32.4 Å². The lowest BCUT2D eigenvalue weighted by atomic mass is 10.00. The third-order valence-electron chi connectivity index (χ3n) is 5.43. The van der Waals surface area contributed by atoms with Gasteiger partial charge in [0.05, 0.1) is 22.8 Å². The molecule has 150 valence electrons. The summed E-state index contributed by atoms with van der Waals surface area (Å²) in [5.41, 5.74) is 4.77. The van der Waals surface area contributed by atoms with E-state index in [-0.39, 0.29) is 17.3 Å². The molecule has 0 unspecified atom stereocenters.